The van der Waals surface area contributed by atoms with Gasteiger partial charge in [0.2, 0.25) is 0 Å². The van der Waals surface area contributed by atoms with Crippen LogP contribution in [0, 0.1) is 5.41 Å². The first kappa shape index (κ1) is 12.7. The Morgan fingerprint density at radius 2 is 2.19 bits per heavy atom. The molecule has 0 aromatic heterocycles. The molecule has 0 radical (unpaired) electrons. The summed E-state index contributed by atoms with van der Waals surface area (Å²) in [5, 5.41) is 0.815. The zero-order valence-corrected chi connectivity index (χ0v) is 11.7. The second kappa shape index (κ2) is 5.28. The summed E-state index contributed by atoms with van der Waals surface area (Å²) >= 11 is 2.11. The summed E-state index contributed by atoms with van der Waals surface area (Å²) in [6, 6.07) is 0. The zero-order valence-electron chi connectivity index (χ0n) is 10.9. The molecular formula is C13H25NOS. The van der Waals surface area contributed by atoms with Gasteiger partial charge in [-0.1, -0.05) is 6.92 Å². The van der Waals surface area contributed by atoms with E-state index >= 15 is 0 Å². The van der Waals surface area contributed by atoms with Crippen LogP contribution in [-0.2, 0) is 4.74 Å². The van der Waals surface area contributed by atoms with Gasteiger partial charge in [0.05, 0.1) is 12.7 Å². The van der Waals surface area contributed by atoms with Gasteiger partial charge in [0.1, 0.15) is 0 Å². The Hall–Kier alpha value is 0.270. The molecule has 94 valence electrons. The summed E-state index contributed by atoms with van der Waals surface area (Å²) in [5.41, 5.74) is 0.520. The first-order valence-electron chi connectivity index (χ1n) is 6.55. The van der Waals surface area contributed by atoms with E-state index in [9.17, 15) is 0 Å². The van der Waals surface area contributed by atoms with Crippen molar-refractivity contribution in [3.63, 3.8) is 0 Å². The van der Waals surface area contributed by atoms with Gasteiger partial charge in [-0.3, -0.25) is 0 Å². The summed E-state index contributed by atoms with van der Waals surface area (Å²) in [6.45, 7) is 11.4. The molecule has 0 bridgehead atoms. The monoisotopic (exact) mass is 243 g/mol. The average Bonchev–Trinajstić information content (AvgIpc) is 2.96. The smallest absolute Gasteiger partial charge is 0.0538 e. The molecule has 0 unspecified atom stereocenters. The predicted molar refractivity (Wildman–Crippen MR) is 71.1 cm³/mol. The van der Waals surface area contributed by atoms with Crippen molar-refractivity contribution in [3.05, 3.63) is 0 Å². The largest absolute Gasteiger partial charge is 0.378 e. The van der Waals surface area contributed by atoms with E-state index in [0.29, 0.717) is 11.5 Å². The molecule has 0 aromatic carbocycles. The second-order valence-corrected chi connectivity index (χ2v) is 7.32. The van der Waals surface area contributed by atoms with Gasteiger partial charge in [0.15, 0.2) is 0 Å². The van der Waals surface area contributed by atoms with E-state index in [2.05, 4.69) is 37.4 Å². The fraction of sp³-hybridized carbons (Fsp3) is 1.00. The van der Waals surface area contributed by atoms with Crippen molar-refractivity contribution in [1.82, 2.24) is 4.90 Å². The molecule has 2 fully saturated rings. The van der Waals surface area contributed by atoms with Crippen LogP contribution in [0.15, 0.2) is 0 Å². The van der Waals surface area contributed by atoms with Crippen LogP contribution in [0.1, 0.15) is 33.6 Å². The number of nitrogens with zero attached hydrogens (tertiary/aromatic N) is 1. The van der Waals surface area contributed by atoms with Crippen LogP contribution < -0.4 is 0 Å². The molecule has 1 saturated carbocycles. The number of ether oxygens (including phenoxy) is 1. The van der Waals surface area contributed by atoms with Crippen molar-refractivity contribution in [2.45, 2.75) is 45.0 Å². The van der Waals surface area contributed by atoms with Gasteiger partial charge in [-0.15, -0.1) is 0 Å². The average molecular weight is 243 g/mol. The van der Waals surface area contributed by atoms with Crippen LogP contribution in [-0.4, -0.2) is 48.2 Å². The van der Waals surface area contributed by atoms with Gasteiger partial charge in [-0.05, 0) is 26.7 Å². The number of rotatable bonds is 5. The lowest BCUT2D eigenvalue weighted by atomic mass is 10.1. The molecule has 0 N–H and O–H groups in total. The third-order valence-corrected chi connectivity index (χ3v) is 4.70. The van der Waals surface area contributed by atoms with E-state index in [0.717, 1.165) is 11.9 Å². The van der Waals surface area contributed by atoms with Crippen LogP contribution in [0.25, 0.3) is 0 Å². The highest BCUT2D eigenvalue weighted by atomic mass is 32.2. The highest BCUT2D eigenvalue weighted by molar-refractivity contribution is 7.99. The Balaban J connectivity index is 1.75. The van der Waals surface area contributed by atoms with Gasteiger partial charge in [-0.25, -0.2) is 0 Å². The van der Waals surface area contributed by atoms with Crippen LogP contribution in [0.2, 0.25) is 0 Å². The van der Waals surface area contributed by atoms with Gasteiger partial charge in [0.25, 0.3) is 0 Å². The Morgan fingerprint density at radius 3 is 2.75 bits per heavy atom. The molecular weight excluding hydrogens is 218 g/mol. The van der Waals surface area contributed by atoms with Crippen LogP contribution in [0.5, 0.6) is 0 Å². The van der Waals surface area contributed by atoms with Crippen molar-refractivity contribution in [3.8, 4) is 0 Å². The van der Waals surface area contributed by atoms with E-state index in [1.165, 1.54) is 38.2 Å². The molecule has 2 rings (SSSR count). The first-order valence-corrected chi connectivity index (χ1v) is 7.60. The highest BCUT2D eigenvalue weighted by Gasteiger charge is 2.44. The molecule has 2 nitrogen and oxygen atoms in total. The summed E-state index contributed by atoms with van der Waals surface area (Å²) < 4.78 is 5.81. The first-order chi connectivity index (χ1) is 7.60. The van der Waals surface area contributed by atoms with Crippen molar-refractivity contribution >= 4 is 11.8 Å². The third kappa shape index (κ3) is 3.64. The van der Waals surface area contributed by atoms with E-state index in [-0.39, 0.29) is 0 Å². The fourth-order valence-electron chi connectivity index (χ4n) is 2.38. The Labute approximate surface area is 104 Å². The number of hydrogen-bond acceptors (Lipinski definition) is 3. The normalized spacial score (nSPS) is 29.6. The molecule has 1 saturated heterocycles. The van der Waals surface area contributed by atoms with Crippen molar-refractivity contribution in [2.75, 3.05) is 32.0 Å². The Morgan fingerprint density at radius 1 is 1.44 bits per heavy atom. The van der Waals surface area contributed by atoms with E-state index in [4.69, 9.17) is 4.74 Å². The van der Waals surface area contributed by atoms with E-state index < -0.39 is 0 Å². The molecule has 16 heavy (non-hydrogen) atoms. The summed E-state index contributed by atoms with van der Waals surface area (Å²) in [7, 11) is 0. The van der Waals surface area contributed by atoms with Crippen molar-refractivity contribution in [1.29, 1.82) is 0 Å². The van der Waals surface area contributed by atoms with Crippen LogP contribution in [0.3, 0.4) is 0 Å². The summed E-state index contributed by atoms with van der Waals surface area (Å²) in [6.07, 6.45) is 3.13. The Kier molecular flexibility index (Phi) is 4.20. The maximum Gasteiger partial charge on any atom is 0.0538 e. The van der Waals surface area contributed by atoms with E-state index in [1.807, 2.05) is 0 Å². The number of thioether (sulfide) groups is 1. The molecule has 1 aliphatic heterocycles. The number of hydrogen-bond donors (Lipinski definition) is 0. The van der Waals surface area contributed by atoms with Gasteiger partial charge in [-0.2, -0.15) is 11.8 Å². The van der Waals surface area contributed by atoms with Crippen molar-refractivity contribution in [2.24, 2.45) is 5.41 Å². The minimum Gasteiger partial charge on any atom is -0.378 e. The SMILES string of the molecule is CC(C)OCC1(CN2CCS[C@@H](C)C2)CC1. The van der Waals surface area contributed by atoms with Gasteiger partial charge < -0.3 is 9.64 Å². The van der Waals surface area contributed by atoms with Crippen LogP contribution >= 0.6 is 11.8 Å². The molecule has 1 heterocycles. The summed E-state index contributed by atoms with van der Waals surface area (Å²) in [4.78, 5) is 2.65. The van der Waals surface area contributed by atoms with E-state index in [1.54, 1.807) is 0 Å². The minimum absolute atomic E-state index is 0.383. The van der Waals surface area contributed by atoms with Gasteiger partial charge in [0, 0.05) is 36.1 Å². The molecule has 0 spiro atoms. The molecule has 1 aliphatic carbocycles. The molecule has 1 atom stereocenters. The molecule has 0 aromatic rings. The summed E-state index contributed by atoms with van der Waals surface area (Å²) in [5.74, 6) is 1.31. The maximum absolute atomic E-state index is 5.81. The quantitative estimate of drug-likeness (QED) is 0.736. The maximum atomic E-state index is 5.81. The fourth-order valence-corrected chi connectivity index (χ4v) is 3.46. The molecule has 3 heteroatoms. The molecule has 0 amide bonds. The van der Waals surface area contributed by atoms with Gasteiger partial charge >= 0.3 is 0 Å². The lowest BCUT2D eigenvalue weighted by Gasteiger charge is -2.33. The highest BCUT2D eigenvalue weighted by Crippen LogP contribution is 2.47. The van der Waals surface area contributed by atoms with Crippen LogP contribution in [0.4, 0.5) is 0 Å². The second-order valence-electron chi connectivity index (χ2n) is 5.78. The Bertz CT molecular complexity index is 228. The minimum atomic E-state index is 0.383. The zero-order chi connectivity index (χ0) is 11.6. The standard InChI is InChI=1S/C13H25NOS/c1-11(2)15-10-13(4-5-13)9-14-6-7-16-12(3)8-14/h11-12H,4-10H2,1-3H3/t12-/m0/s1. The third-order valence-electron chi connectivity index (χ3n) is 3.56. The lowest BCUT2D eigenvalue weighted by Crippen LogP contribution is -2.41. The lowest BCUT2D eigenvalue weighted by molar-refractivity contribution is 0.0315. The predicted octanol–water partition coefficient (Wildman–Crippen LogP) is 2.63. The van der Waals surface area contributed by atoms with Crippen molar-refractivity contribution < 1.29 is 4.74 Å². The topological polar surface area (TPSA) is 12.5 Å². The molecule has 2 aliphatic rings.